The first kappa shape index (κ1) is 18.0. The van der Waals surface area contributed by atoms with Gasteiger partial charge in [0.2, 0.25) is 5.43 Å². The molecule has 1 aromatic carbocycles. The lowest BCUT2D eigenvalue weighted by Crippen LogP contribution is -2.29. The zero-order valence-electron chi connectivity index (χ0n) is 14.6. The van der Waals surface area contributed by atoms with Crippen molar-refractivity contribution in [2.45, 2.75) is 38.1 Å². The number of rotatable bonds is 3. The second-order valence-corrected chi connectivity index (χ2v) is 7.59. The fraction of sp³-hybridized carbons (Fsp3) is 0.421. The number of aromatic carboxylic acids is 1. The van der Waals surface area contributed by atoms with Gasteiger partial charge in [0.25, 0.3) is 0 Å². The maximum Gasteiger partial charge on any atom is 0.341 e. The minimum atomic E-state index is -1.34. The number of halogens is 2. The molecule has 1 saturated carbocycles. The average molecular weight is 392 g/mol. The molecule has 0 radical (unpaired) electrons. The molecule has 1 saturated heterocycles. The molecule has 1 aliphatic heterocycles. The lowest BCUT2D eigenvalue weighted by atomic mass is 10.1. The van der Waals surface area contributed by atoms with Crippen LogP contribution in [0.2, 0.25) is 5.02 Å². The molecule has 2 fully saturated rings. The lowest BCUT2D eigenvalue weighted by molar-refractivity contribution is 0.0695. The van der Waals surface area contributed by atoms with Gasteiger partial charge in [-0.1, -0.05) is 11.6 Å². The number of carboxylic acids is 1. The number of hydrogen-bond donors (Lipinski definition) is 2. The Labute approximate surface area is 159 Å². The Morgan fingerprint density at radius 2 is 2.07 bits per heavy atom. The third-order valence-electron chi connectivity index (χ3n) is 5.21. The number of benzene rings is 1. The fourth-order valence-electron chi connectivity index (χ4n) is 3.73. The number of carbonyl (C=O) groups is 1. The minimum Gasteiger partial charge on any atom is -0.477 e. The number of nitrogens with zero attached hydrogens (tertiary/aromatic N) is 2. The summed E-state index contributed by atoms with van der Waals surface area (Å²) in [5, 5.41) is 17.4. The van der Waals surface area contributed by atoms with Crippen LogP contribution in [0.5, 0.6) is 0 Å². The Morgan fingerprint density at radius 1 is 1.33 bits per heavy atom. The SMILES string of the molecule is N=C1CCCCN(c2c(F)cc3c(=O)c(C(=O)O)cn(C4CC4)c3c2Cl)C1. The number of nitrogens with one attached hydrogen (secondary N) is 1. The highest BCUT2D eigenvalue weighted by atomic mass is 35.5. The van der Waals surface area contributed by atoms with E-state index in [1.54, 1.807) is 9.47 Å². The number of aromatic nitrogens is 1. The summed E-state index contributed by atoms with van der Waals surface area (Å²) in [6.07, 6.45) is 5.41. The Balaban J connectivity index is 1.99. The van der Waals surface area contributed by atoms with Gasteiger partial charge in [0.1, 0.15) is 11.4 Å². The molecule has 6 nitrogen and oxygen atoms in total. The maximum absolute atomic E-state index is 15.0. The van der Waals surface area contributed by atoms with Crippen LogP contribution >= 0.6 is 11.6 Å². The Morgan fingerprint density at radius 3 is 2.74 bits per heavy atom. The van der Waals surface area contributed by atoms with Crippen molar-refractivity contribution in [1.82, 2.24) is 4.57 Å². The first-order valence-electron chi connectivity index (χ1n) is 9.00. The van der Waals surface area contributed by atoms with Crippen molar-refractivity contribution in [1.29, 1.82) is 5.41 Å². The molecule has 4 rings (SSSR count). The molecule has 0 spiro atoms. The van der Waals surface area contributed by atoms with Crippen LogP contribution < -0.4 is 10.3 Å². The predicted molar refractivity (Wildman–Crippen MR) is 102 cm³/mol. The van der Waals surface area contributed by atoms with Gasteiger partial charge in [0.05, 0.1) is 28.2 Å². The van der Waals surface area contributed by atoms with Crippen LogP contribution in [-0.4, -0.2) is 34.4 Å². The summed E-state index contributed by atoms with van der Waals surface area (Å²) < 4.78 is 16.7. The smallest absolute Gasteiger partial charge is 0.341 e. The number of anilines is 1. The number of carboxylic acid groups (broad SMARTS) is 1. The van der Waals surface area contributed by atoms with Crippen molar-refractivity contribution in [3.63, 3.8) is 0 Å². The first-order valence-corrected chi connectivity index (χ1v) is 9.37. The van der Waals surface area contributed by atoms with E-state index in [1.807, 2.05) is 0 Å². The highest BCUT2D eigenvalue weighted by molar-refractivity contribution is 6.38. The molecule has 142 valence electrons. The second-order valence-electron chi connectivity index (χ2n) is 7.21. The molecule has 1 aliphatic carbocycles. The third kappa shape index (κ3) is 3.10. The van der Waals surface area contributed by atoms with E-state index < -0.39 is 17.2 Å². The Bertz CT molecular complexity index is 1030. The van der Waals surface area contributed by atoms with E-state index in [0.717, 1.165) is 31.7 Å². The summed E-state index contributed by atoms with van der Waals surface area (Å²) >= 11 is 6.60. The van der Waals surface area contributed by atoms with Crippen LogP contribution in [0.25, 0.3) is 10.9 Å². The van der Waals surface area contributed by atoms with Crippen molar-refractivity contribution < 1.29 is 14.3 Å². The monoisotopic (exact) mass is 391 g/mol. The van der Waals surface area contributed by atoms with E-state index in [4.69, 9.17) is 17.0 Å². The van der Waals surface area contributed by atoms with E-state index >= 15 is 0 Å². The van der Waals surface area contributed by atoms with E-state index in [2.05, 4.69) is 0 Å². The predicted octanol–water partition coefficient (Wildman–Crippen LogP) is 3.84. The molecule has 2 aromatic rings. The van der Waals surface area contributed by atoms with Crippen molar-refractivity contribution in [3.05, 3.63) is 38.9 Å². The fourth-order valence-corrected chi connectivity index (χ4v) is 4.14. The molecule has 2 heterocycles. The molecule has 0 bridgehead atoms. The number of pyridine rings is 1. The van der Waals surface area contributed by atoms with Gasteiger partial charge in [-0.05, 0) is 38.2 Å². The summed E-state index contributed by atoms with van der Waals surface area (Å²) in [5.41, 5.74) is -0.0302. The van der Waals surface area contributed by atoms with E-state index in [1.165, 1.54) is 6.20 Å². The number of hydrogen-bond acceptors (Lipinski definition) is 4. The number of fused-ring (bicyclic) bond motifs is 1. The molecule has 1 aromatic heterocycles. The Kier molecular flexibility index (Phi) is 4.42. The zero-order chi connectivity index (χ0) is 19.3. The van der Waals surface area contributed by atoms with Gasteiger partial charge in [0, 0.05) is 24.5 Å². The summed E-state index contributed by atoms with van der Waals surface area (Å²) in [4.78, 5) is 25.8. The summed E-state index contributed by atoms with van der Waals surface area (Å²) in [6, 6.07) is 1.16. The highest BCUT2D eigenvalue weighted by Crippen LogP contribution is 2.42. The highest BCUT2D eigenvalue weighted by Gasteiger charge is 2.30. The Hall–Kier alpha value is -2.41. The lowest BCUT2D eigenvalue weighted by Gasteiger charge is -2.26. The summed E-state index contributed by atoms with van der Waals surface area (Å²) in [6.45, 7) is 0.869. The first-order chi connectivity index (χ1) is 12.9. The van der Waals surface area contributed by atoms with Gasteiger partial charge in [-0.2, -0.15) is 0 Å². The molecule has 2 aliphatic rings. The van der Waals surface area contributed by atoms with Gasteiger partial charge in [-0.25, -0.2) is 9.18 Å². The van der Waals surface area contributed by atoms with E-state index in [-0.39, 0.29) is 27.7 Å². The third-order valence-corrected chi connectivity index (χ3v) is 5.57. The minimum absolute atomic E-state index is 0.0158. The van der Waals surface area contributed by atoms with Gasteiger partial charge >= 0.3 is 5.97 Å². The van der Waals surface area contributed by atoms with Crippen LogP contribution in [-0.2, 0) is 0 Å². The van der Waals surface area contributed by atoms with E-state index in [0.29, 0.717) is 30.7 Å². The molecule has 8 heteroatoms. The van der Waals surface area contributed by atoms with Gasteiger partial charge < -0.3 is 20.0 Å². The quantitative estimate of drug-likeness (QED) is 0.832. The van der Waals surface area contributed by atoms with Gasteiger partial charge in [-0.15, -0.1) is 0 Å². The van der Waals surface area contributed by atoms with Crippen LogP contribution in [0.3, 0.4) is 0 Å². The largest absolute Gasteiger partial charge is 0.477 e. The van der Waals surface area contributed by atoms with Crippen molar-refractivity contribution >= 4 is 39.9 Å². The van der Waals surface area contributed by atoms with Crippen LogP contribution in [0.15, 0.2) is 17.1 Å². The maximum atomic E-state index is 15.0. The van der Waals surface area contributed by atoms with Crippen molar-refractivity contribution in [2.24, 2.45) is 0 Å². The topological polar surface area (TPSA) is 86.4 Å². The summed E-state index contributed by atoms with van der Waals surface area (Å²) in [7, 11) is 0. The van der Waals surface area contributed by atoms with Gasteiger partial charge in [-0.3, -0.25) is 4.79 Å². The van der Waals surface area contributed by atoms with Crippen LogP contribution in [0.4, 0.5) is 10.1 Å². The van der Waals surface area contributed by atoms with Crippen LogP contribution in [0.1, 0.15) is 48.5 Å². The molecule has 0 atom stereocenters. The molecule has 2 N–H and O–H groups in total. The van der Waals surface area contributed by atoms with E-state index in [9.17, 15) is 19.1 Å². The average Bonchev–Trinajstić information content (AvgIpc) is 3.44. The van der Waals surface area contributed by atoms with Crippen LogP contribution in [0, 0.1) is 11.2 Å². The zero-order valence-corrected chi connectivity index (χ0v) is 15.4. The molecular formula is C19H19ClFN3O3. The molecule has 0 unspecified atom stereocenters. The molecule has 27 heavy (non-hydrogen) atoms. The molecule has 0 amide bonds. The summed E-state index contributed by atoms with van der Waals surface area (Å²) in [5.74, 6) is -2.00. The second kappa shape index (κ2) is 6.64. The normalized spacial score (nSPS) is 18.0. The van der Waals surface area contributed by atoms with Crippen molar-refractivity contribution in [2.75, 3.05) is 18.0 Å². The van der Waals surface area contributed by atoms with Gasteiger partial charge in [0.15, 0.2) is 0 Å². The van der Waals surface area contributed by atoms with Crippen molar-refractivity contribution in [3.8, 4) is 0 Å². The standard InChI is InChI=1S/C19H19ClFN3O3/c20-15-16-12(18(25)13(19(26)27)9-24(16)11-4-5-11)7-14(21)17(15)23-6-2-1-3-10(22)8-23/h7,9,11,22H,1-6,8H2,(H,26,27). The molecular weight excluding hydrogens is 373 g/mol.